The van der Waals surface area contributed by atoms with Crippen LogP contribution < -0.4 is 4.90 Å². The number of nitriles is 2. The van der Waals surface area contributed by atoms with E-state index in [0.29, 0.717) is 22.5 Å². The monoisotopic (exact) mass is 514 g/mol. The highest BCUT2D eigenvalue weighted by Crippen LogP contribution is 2.41. The molecule has 3 aromatic rings. The molecule has 0 N–H and O–H groups in total. The summed E-state index contributed by atoms with van der Waals surface area (Å²) in [6.07, 6.45) is 0. The number of sulfone groups is 1. The summed E-state index contributed by atoms with van der Waals surface area (Å²) in [6, 6.07) is 21.8. The number of halogens is 1. The molecule has 1 heterocycles. The van der Waals surface area contributed by atoms with Gasteiger partial charge in [0.1, 0.15) is 6.67 Å². The fraction of sp³-hybridized carbons (Fsp3) is 0.179. The van der Waals surface area contributed by atoms with E-state index in [1.54, 1.807) is 55.5 Å². The molecule has 0 saturated heterocycles. The molecule has 0 saturated carbocycles. The van der Waals surface area contributed by atoms with Gasteiger partial charge >= 0.3 is 6.03 Å². The number of rotatable bonds is 6. The fourth-order valence-electron chi connectivity index (χ4n) is 4.48. The predicted molar refractivity (Wildman–Crippen MR) is 136 cm³/mol. The molecule has 0 spiro atoms. The number of allylic oxidation sites excluding steroid dienone is 1. The van der Waals surface area contributed by atoms with E-state index in [2.05, 4.69) is 6.07 Å². The molecule has 2 amide bonds. The molecule has 7 nitrogen and oxygen atoms in total. The maximum atomic E-state index is 13.6. The number of likely N-dealkylation sites (N-methyl/N-ethyl adjacent to an activating group) is 1. The van der Waals surface area contributed by atoms with E-state index in [-0.39, 0.29) is 27.3 Å². The summed E-state index contributed by atoms with van der Waals surface area (Å²) in [6.45, 7) is 0.885. The Kier molecular flexibility index (Phi) is 7.10. The first-order valence-corrected chi connectivity index (χ1v) is 13.0. The topological polar surface area (TPSA) is 105 Å². The highest BCUT2D eigenvalue weighted by Gasteiger charge is 2.40. The maximum Gasteiger partial charge on any atom is 0.329 e. The Morgan fingerprint density at radius 3 is 2.30 bits per heavy atom. The van der Waals surface area contributed by atoms with Gasteiger partial charge in [0, 0.05) is 12.7 Å². The molecule has 0 radical (unpaired) electrons. The number of nitrogens with zero attached hydrogens (tertiary/aromatic N) is 4. The number of carbonyl (C=O) groups is 1. The zero-order valence-corrected chi connectivity index (χ0v) is 21.0. The summed E-state index contributed by atoms with van der Waals surface area (Å²) < 4.78 is 40.5. The van der Waals surface area contributed by atoms with Gasteiger partial charge in [-0.2, -0.15) is 10.5 Å². The van der Waals surface area contributed by atoms with E-state index in [0.717, 1.165) is 0 Å². The zero-order valence-electron chi connectivity index (χ0n) is 20.2. The van der Waals surface area contributed by atoms with E-state index in [1.165, 1.54) is 41.1 Å². The van der Waals surface area contributed by atoms with Gasteiger partial charge in [-0.3, -0.25) is 4.90 Å². The molecular formula is C28H23FN4O3S. The van der Waals surface area contributed by atoms with Crippen LogP contribution in [0.5, 0.6) is 0 Å². The van der Waals surface area contributed by atoms with Crippen LogP contribution in [0.2, 0.25) is 0 Å². The molecule has 4 rings (SSSR count). The van der Waals surface area contributed by atoms with Gasteiger partial charge in [0.2, 0.25) is 0 Å². The summed E-state index contributed by atoms with van der Waals surface area (Å²) in [5.41, 5.74) is 2.17. The van der Waals surface area contributed by atoms with Crippen LogP contribution in [-0.4, -0.2) is 26.4 Å². The van der Waals surface area contributed by atoms with Crippen LogP contribution in [0.3, 0.4) is 0 Å². The molecule has 9 heteroatoms. The Morgan fingerprint density at radius 1 is 0.946 bits per heavy atom. The van der Waals surface area contributed by atoms with Gasteiger partial charge in [0.05, 0.1) is 45.7 Å². The van der Waals surface area contributed by atoms with Gasteiger partial charge in [-0.25, -0.2) is 17.6 Å². The van der Waals surface area contributed by atoms with Crippen molar-refractivity contribution in [3.8, 4) is 12.1 Å². The number of carbonyl (C=O) groups excluding carboxylic acids is 1. The number of hydrogen-bond acceptors (Lipinski definition) is 5. The number of amides is 2. The summed E-state index contributed by atoms with van der Waals surface area (Å²) in [7, 11) is -2.49. The van der Waals surface area contributed by atoms with Crippen LogP contribution in [0.4, 0.5) is 14.9 Å². The Labute approximate surface area is 215 Å². The first-order chi connectivity index (χ1) is 17.7. The largest absolute Gasteiger partial charge is 0.329 e. The molecule has 37 heavy (non-hydrogen) atoms. The molecule has 1 aliphatic rings. The minimum absolute atomic E-state index is 0.117. The second kappa shape index (κ2) is 10.3. The average Bonchev–Trinajstić information content (AvgIpc) is 2.91. The number of urea groups is 1. The summed E-state index contributed by atoms with van der Waals surface area (Å²) >= 11 is 0. The zero-order chi connectivity index (χ0) is 26.7. The minimum atomic E-state index is -3.97. The average molecular weight is 515 g/mol. The number of anilines is 1. The third-order valence-corrected chi connectivity index (χ3v) is 8.03. The lowest BCUT2D eigenvalue weighted by Gasteiger charge is -2.40. The van der Waals surface area contributed by atoms with E-state index in [4.69, 9.17) is 0 Å². The first-order valence-electron chi connectivity index (χ1n) is 11.3. The molecule has 0 bridgehead atoms. The Balaban J connectivity index is 1.89. The minimum Gasteiger partial charge on any atom is -0.315 e. The summed E-state index contributed by atoms with van der Waals surface area (Å²) in [5.74, 6) is -0.313. The predicted octanol–water partition coefficient (Wildman–Crippen LogP) is 5.41. The van der Waals surface area contributed by atoms with Crippen molar-refractivity contribution >= 4 is 21.6 Å². The van der Waals surface area contributed by atoms with Gasteiger partial charge in [0.15, 0.2) is 9.84 Å². The second-order valence-electron chi connectivity index (χ2n) is 8.65. The van der Waals surface area contributed by atoms with Crippen molar-refractivity contribution in [2.24, 2.45) is 0 Å². The maximum absolute atomic E-state index is 13.6. The molecule has 3 aromatic carbocycles. The molecule has 0 unspecified atom stereocenters. The lowest BCUT2D eigenvalue weighted by molar-refractivity contribution is 0.202. The molecule has 0 fully saturated rings. The standard InChI is InChI=1S/C28H23FN4O3S/c1-19-25(17-31)27(32(2)28(34)33(19)23-10-6-9-21(13-23)15-29)24-12-11-22(16-30)14-26(24)37(35,36)18-20-7-4-3-5-8-20/h3-14,27H,15,18H2,1-2H3/t27-/m1/s1. The Hall–Kier alpha value is -4.47. The van der Waals surface area contributed by atoms with E-state index < -0.39 is 28.6 Å². The van der Waals surface area contributed by atoms with E-state index in [1.807, 2.05) is 6.07 Å². The van der Waals surface area contributed by atoms with Crippen molar-refractivity contribution < 1.29 is 17.6 Å². The number of benzene rings is 3. The van der Waals surface area contributed by atoms with Crippen LogP contribution in [0.1, 0.15) is 35.2 Å². The Morgan fingerprint density at radius 2 is 1.65 bits per heavy atom. The molecule has 0 aromatic heterocycles. The van der Waals surface area contributed by atoms with E-state index >= 15 is 0 Å². The molecular weight excluding hydrogens is 491 g/mol. The van der Waals surface area contributed by atoms with Crippen LogP contribution in [0.15, 0.2) is 89.0 Å². The van der Waals surface area contributed by atoms with Gasteiger partial charge in [-0.15, -0.1) is 0 Å². The van der Waals surface area contributed by atoms with Crippen molar-refractivity contribution in [2.45, 2.75) is 30.3 Å². The normalized spacial score (nSPS) is 15.9. The van der Waals surface area contributed by atoms with Gasteiger partial charge in [-0.05, 0) is 47.9 Å². The van der Waals surface area contributed by atoms with Crippen molar-refractivity contribution in [1.29, 1.82) is 10.5 Å². The molecule has 0 aliphatic carbocycles. The third-order valence-electron chi connectivity index (χ3n) is 6.29. The van der Waals surface area contributed by atoms with Crippen molar-refractivity contribution in [2.75, 3.05) is 11.9 Å². The third kappa shape index (κ3) is 4.82. The van der Waals surface area contributed by atoms with E-state index in [9.17, 15) is 28.1 Å². The first kappa shape index (κ1) is 25.6. The smallest absolute Gasteiger partial charge is 0.315 e. The fourth-order valence-corrected chi connectivity index (χ4v) is 6.12. The highest BCUT2D eigenvalue weighted by molar-refractivity contribution is 7.90. The molecule has 186 valence electrons. The van der Waals surface area contributed by atoms with Crippen LogP contribution in [-0.2, 0) is 22.3 Å². The lowest BCUT2D eigenvalue weighted by atomic mass is 9.93. The molecule has 1 atom stereocenters. The Bertz CT molecular complexity index is 1590. The summed E-state index contributed by atoms with van der Waals surface area (Å²) in [5, 5.41) is 19.6. The van der Waals surface area contributed by atoms with Crippen molar-refractivity contribution in [1.82, 2.24) is 4.90 Å². The van der Waals surface area contributed by atoms with Gasteiger partial charge in [-0.1, -0.05) is 48.5 Å². The van der Waals surface area contributed by atoms with Crippen LogP contribution in [0, 0.1) is 22.7 Å². The summed E-state index contributed by atoms with van der Waals surface area (Å²) in [4.78, 5) is 16.1. The van der Waals surface area contributed by atoms with Crippen molar-refractivity contribution in [3.63, 3.8) is 0 Å². The number of alkyl halides is 1. The highest BCUT2D eigenvalue weighted by atomic mass is 32.2. The van der Waals surface area contributed by atoms with Gasteiger partial charge < -0.3 is 4.90 Å². The SMILES string of the molecule is CC1=C(C#N)[C@@H](c2ccc(C#N)cc2S(=O)(=O)Cc2ccccc2)N(C)C(=O)N1c1cccc(CF)c1. The molecule has 1 aliphatic heterocycles. The van der Waals surface area contributed by atoms with Crippen molar-refractivity contribution in [3.05, 3.63) is 106 Å². The quantitative estimate of drug-likeness (QED) is 0.437. The number of hydrogen-bond donors (Lipinski definition) is 0. The van der Waals surface area contributed by atoms with Crippen LogP contribution in [0.25, 0.3) is 0 Å². The van der Waals surface area contributed by atoms with Gasteiger partial charge in [0.25, 0.3) is 0 Å². The second-order valence-corrected chi connectivity index (χ2v) is 10.6. The lowest BCUT2D eigenvalue weighted by Crippen LogP contribution is -2.47. The van der Waals surface area contributed by atoms with Crippen LogP contribution >= 0.6 is 0 Å².